The van der Waals surface area contributed by atoms with Crippen LogP contribution in [0.25, 0.3) is 27.6 Å². The molecule has 0 spiro atoms. The summed E-state index contributed by atoms with van der Waals surface area (Å²) in [4.78, 5) is 32.8. The molecule has 0 unspecified atom stereocenters. The highest BCUT2D eigenvalue weighted by Crippen LogP contribution is 2.29. The number of H-pyrrole nitrogens is 1. The van der Waals surface area contributed by atoms with Gasteiger partial charge < -0.3 is 9.72 Å². The largest absolute Gasteiger partial charge is 0.495 e. The molecule has 0 fully saturated rings. The van der Waals surface area contributed by atoms with E-state index in [1.807, 2.05) is 36.4 Å². The van der Waals surface area contributed by atoms with Crippen LogP contribution in [-0.2, 0) is 4.79 Å². The van der Waals surface area contributed by atoms with Crippen molar-refractivity contribution in [1.29, 1.82) is 0 Å². The Morgan fingerprint density at radius 1 is 1.19 bits per heavy atom. The third-order valence-electron chi connectivity index (χ3n) is 4.22. The van der Waals surface area contributed by atoms with E-state index in [0.29, 0.717) is 27.6 Å². The molecule has 0 bridgehead atoms. The lowest BCUT2D eigenvalue weighted by Gasteiger charge is -2.14. The fraction of sp³-hybridized carbons (Fsp3) is 0.150. The Labute approximate surface area is 159 Å². The second-order valence-corrected chi connectivity index (χ2v) is 7.03. The molecule has 0 saturated carbocycles. The number of para-hydroxylation sites is 3. The van der Waals surface area contributed by atoms with Crippen LogP contribution in [0.1, 0.15) is 6.92 Å². The van der Waals surface area contributed by atoms with Crippen molar-refractivity contribution in [2.75, 3.05) is 12.9 Å². The van der Waals surface area contributed by atoms with E-state index < -0.39 is 0 Å². The zero-order valence-corrected chi connectivity index (χ0v) is 15.7. The number of benzene rings is 2. The molecule has 6 nitrogen and oxygen atoms in total. The Morgan fingerprint density at radius 2 is 1.93 bits per heavy atom. The van der Waals surface area contributed by atoms with Gasteiger partial charge >= 0.3 is 0 Å². The predicted octanol–water partition coefficient (Wildman–Crippen LogP) is 3.56. The Bertz CT molecular complexity index is 1230. The molecule has 0 aliphatic rings. The van der Waals surface area contributed by atoms with Gasteiger partial charge in [-0.15, -0.1) is 0 Å². The fourth-order valence-corrected chi connectivity index (χ4v) is 3.83. The highest BCUT2D eigenvalue weighted by Gasteiger charge is 2.19. The summed E-state index contributed by atoms with van der Waals surface area (Å²) in [5.74, 6) is 0.802. The zero-order chi connectivity index (χ0) is 19.0. The summed E-state index contributed by atoms with van der Waals surface area (Å²) < 4.78 is 6.94. The summed E-state index contributed by atoms with van der Waals surface area (Å²) in [6, 6.07) is 14.9. The molecular formula is C20H17N3O3S. The van der Waals surface area contributed by atoms with E-state index >= 15 is 0 Å². The Hall–Kier alpha value is -3.06. The topological polar surface area (TPSA) is 77.0 Å². The second kappa shape index (κ2) is 6.92. The van der Waals surface area contributed by atoms with Crippen molar-refractivity contribution >= 4 is 39.5 Å². The van der Waals surface area contributed by atoms with E-state index in [1.165, 1.54) is 23.3 Å². The zero-order valence-electron chi connectivity index (χ0n) is 14.9. The lowest BCUT2D eigenvalue weighted by molar-refractivity contribution is -0.114. The Morgan fingerprint density at radius 3 is 2.70 bits per heavy atom. The molecule has 27 heavy (non-hydrogen) atoms. The van der Waals surface area contributed by atoms with E-state index in [1.54, 1.807) is 19.2 Å². The van der Waals surface area contributed by atoms with Crippen LogP contribution in [-0.4, -0.2) is 33.2 Å². The molecule has 0 saturated heterocycles. The smallest absolute Gasteiger partial charge is 0.283 e. The first-order valence-corrected chi connectivity index (χ1v) is 9.38. The summed E-state index contributed by atoms with van der Waals surface area (Å²) >= 11 is 1.24. The molecule has 0 radical (unpaired) electrons. The first-order chi connectivity index (χ1) is 13.1. The van der Waals surface area contributed by atoms with Gasteiger partial charge in [-0.2, -0.15) is 0 Å². The molecular weight excluding hydrogens is 362 g/mol. The molecule has 0 aliphatic heterocycles. The minimum Gasteiger partial charge on any atom is -0.495 e. The summed E-state index contributed by atoms with van der Waals surface area (Å²) in [5.41, 5.74) is 2.23. The number of hydrogen-bond acceptors (Lipinski definition) is 5. The number of nitrogens with zero attached hydrogens (tertiary/aromatic N) is 2. The highest BCUT2D eigenvalue weighted by atomic mass is 32.2. The molecule has 7 heteroatoms. The van der Waals surface area contributed by atoms with E-state index in [2.05, 4.69) is 4.98 Å². The quantitative estimate of drug-likeness (QED) is 0.424. The molecule has 0 amide bonds. The number of thioether (sulfide) groups is 1. The fourth-order valence-electron chi connectivity index (χ4n) is 3.03. The van der Waals surface area contributed by atoms with Crippen LogP contribution >= 0.6 is 11.8 Å². The number of carbonyl (C=O) groups is 1. The van der Waals surface area contributed by atoms with E-state index in [-0.39, 0.29) is 17.1 Å². The molecule has 4 rings (SSSR count). The SMILES string of the molecule is COc1ccccc1-n1c(SCC(C)=O)nc2c([nH]c3ccccc32)c1=O. The van der Waals surface area contributed by atoms with Crippen LogP contribution in [0.15, 0.2) is 58.5 Å². The number of aromatic amines is 1. The number of nitrogens with one attached hydrogen (secondary N) is 1. The predicted molar refractivity (Wildman–Crippen MR) is 107 cm³/mol. The maximum Gasteiger partial charge on any atom is 0.283 e. The number of hydrogen-bond donors (Lipinski definition) is 1. The highest BCUT2D eigenvalue weighted by molar-refractivity contribution is 7.99. The average Bonchev–Trinajstić information content (AvgIpc) is 3.05. The first kappa shape index (κ1) is 17.4. The lowest BCUT2D eigenvalue weighted by atomic mass is 10.2. The number of fused-ring (bicyclic) bond motifs is 3. The average molecular weight is 379 g/mol. The molecule has 2 aromatic heterocycles. The van der Waals surface area contributed by atoms with Gasteiger partial charge in [-0.1, -0.05) is 42.1 Å². The van der Waals surface area contributed by atoms with Crippen LogP contribution in [0.3, 0.4) is 0 Å². The molecule has 1 N–H and O–H groups in total. The van der Waals surface area contributed by atoms with Crippen molar-refractivity contribution in [3.63, 3.8) is 0 Å². The first-order valence-electron chi connectivity index (χ1n) is 8.39. The Kier molecular flexibility index (Phi) is 4.45. The van der Waals surface area contributed by atoms with Gasteiger partial charge in [0, 0.05) is 10.9 Å². The summed E-state index contributed by atoms with van der Waals surface area (Å²) in [5, 5.41) is 1.33. The molecule has 0 aliphatic carbocycles. The van der Waals surface area contributed by atoms with E-state index in [4.69, 9.17) is 9.72 Å². The van der Waals surface area contributed by atoms with Gasteiger partial charge in [0.2, 0.25) is 0 Å². The van der Waals surface area contributed by atoms with E-state index in [9.17, 15) is 9.59 Å². The summed E-state index contributed by atoms with van der Waals surface area (Å²) in [7, 11) is 1.56. The van der Waals surface area contributed by atoms with Crippen LogP contribution in [0.2, 0.25) is 0 Å². The maximum atomic E-state index is 13.4. The van der Waals surface area contributed by atoms with E-state index in [0.717, 1.165) is 10.9 Å². The number of ketones is 1. The number of methoxy groups -OCH3 is 1. The van der Waals surface area contributed by atoms with Crippen molar-refractivity contribution in [2.24, 2.45) is 0 Å². The van der Waals surface area contributed by atoms with Crippen molar-refractivity contribution in [3.8, 4) is 11.4 Å². The summed E-state index contributed by atoms with van der Waals surface area (Å²) in [6.07, 6.45) is 0. The minimum absolute atomic E-state index is 0.0137. The van der Waals surface area contributed by atoms with Crippen molar-refractivity contribution in [2.45, 2.75) is 12.1 Å². The molecule has 4 aromatic rings. The summed E-state index contributed by atoms with van der Waals surface area (Å²) in [6.45, 7) is 1.52. The number of aromatic nitrogens is 3. The van der Waals surface area contributed by atoms with Crippen molar-refractivity contribution in [3.05, 3.63) is 58.9 Å². The van der Waals surface area contributed by atoms with Crippen LogP contribution in [0.4, 0.5) is 0 Å². The van der Waals surface area contributed by atoms with Crippen molar-refractivity contribution in [1.82, 2.24) is 14.5 Å². The second-order valence-electron chi connectivity index (χ2n) is 6.09. The minimum atomic E-state index is -0.230. The van der Waals surface area contributed by atoms with Crippen molar-refractivity contribution < 1.29 is 9.53 Å². The van der Waals surface area contributed by atoms with Gasteiger partial charge in [-0.05, 0) is 25.1 Å². The van der Waals surface area contributed by atoms with Gasteiger partial charge in [-0.25, -0.2) is 9.55 Å². The molecule has 0 atom stereocenters. The van der Waals surface area contributed by atoms with Crippen LogP contribution in [0, 0.1) is 0 Å². The molecule has 2 aromatic carbocycles. The number of rotatable bonds is 5. The molecule has 2 heterocycles. The molecule has 136 valence electrons. The van der Waals surface area contributed by atoms with Gasteiger partial charge in [-0.3, -0.25) is 9.59 Å². The van der Waals surface area contributed by atoms with Crippen LogP contribution in [0.5, 0.6) is 5.75 Å². The third-order valence-corrected chi connectivity index (χ3v) is 5.31. The van der Waals surface area contributed by atoms with Gasteiger partial charge in [0.25, 0.3) is 5.56 Å². The standard InChI is InChI=1S/C20H17N3O3S/c1-12(24)11-27-20-22-17-13-7-3-4-8-14(13)21-18(17)19(25)23(20)15-9-5-6-10-16(15)26-2/h3-10,21H,11H2,1-2H3. The number of carbonyl (C=O) groups excluding carboxylic acids is 1. The van der Waals surface area contributed by atoms with Crippen LogP contribution < -0.4 is 10.3 Å². The maximum absolute atomic E-state index is 13.4. The Balaban J connectivity index is 2.07. The lowest BCUT2D eigenvalue weighted by Crippen LogP contribution is -2.22. The van der Waals surface area contributed by atoms with Gasteiger partial charge in [0.05, 0.1) is 18.6 Å². The van der Waals surface area contributed by atoms with Gasteiger partial charge in [0.15, 0.2) is 5.16 Å². The third kappa shape index (κ3) is 3.00. The number of Topliss-reactive ketones (excluding diaryl/α,β-unsaturated/α-hetero) is 1. The van der Waals surface area contributed by atoms with Gasteiger partial charge in [0.1, 0.15) is 22.6 Å². The number of ether oxygens (including phenoxy) is 1. The monoisotopic (exact) mass is 379 g/mol. The normalized spacial score (nSPS) is 11.2.